The predicted octanol–water partition coefficient (Wildman–Crippen LogP) is 5.52. The Bertz CT molecular complexity index is 1350. The molecule has 4 N–H and O–H groups in total. The molecule has 0 atom stereocenters. The number of aromatic amines is 1. The maximum absolute atomic E-state index is 11.8. The van der Waals surface area contributed by atoms with Crippen LogP contribution in [-0.4, -0.2) is 39.7 Å². The lowest BCUT2D eigenvalue weighted by molar-refractivity contribution is 0.100. The molecule has 1 saturated heterocycles. The number of aromatic nitrogens is 1. The largest absolute Gasteiger partial charge is 0.494 e. The van der Waals surface area contributed by atoms with Gasteiger partial charge in [0.05, 0.1) is 17.0 Å². The number of likely N-dealkylation sites (tertiary alicyclic amines) is 1. The van der Waals surface area contributed by atoms with Crippen molar-refractivity contribution in [3.8, 4) is 5.88 Å². The number of aliphatic imine (C=N–C) groups is 1. The van der Waals surface area contributed by atoms with E-state index in [0.717, 1.165) is 30.9 Å². The second-order valence-corrected chi connectivity index (χ2v) is 9.16. The first-order valence-electron chi connectivity index (χ1n) is 12.2. The van der Waals surface area contributed by atoms with Gasteiger partial charge in [-0.1, -0.05) is 55.3 Å². The highest BCUT2D eigenvalue weighted by Crippen LogP contribution is 2.32. The fourth-order valence-corrected chi connectivity index (χ4v) is 4.79. The number of carbonyl (C=O) groups is 1. The Kier molecular flexibility index (Phi) is 6.64. The van der Waals surface area contributed by atoms with E-state index in [4.69, 9.17) is 10.7 Å². The Hall–Kier alpha value is -3.90. The van der Waals surface area contributed by atoms with E-state index in [-0.39, 0.29) is 5.88 Å². The van der Waals surface area contributed by atoms with Gasteiger partial charge in [0.25, 0.3) is 0 Å². The lowest BCUT2D eigenvalue weighted by Gasteiger charge is -2.19. The van der Waals surface area contributed by atoms with Gasteiger partial charge in [-0.05, 0) is 61.8 Å². The number of hydrogen-bond acceptors (Lipinski definition) is 4. The average Bonchev–Trinajstić information content (AvgIpc) is 3.01. The summed E-state index contributed by atoms with van der Waals surface area (Å²) >= 11 is 0. The Morgan fingerprint density at radius 2 is 1.63 bits per heavy atom. The molecule has 0 radical (unpaired) electrons. The van der Waals surface area contributed by atoms with E-state index in [9.17, 15) is 9.90 Å². The number of primary amides is 1. The molecular formula is C29H30N4O2. The van der Waals surface area contributed by atoms with Gasteiger partial charge in [-0.15, -0.1) is 0 Å². The van der Waals surface area contributed by atoms with Crippen LogP contribution in [0.15, 0.2) is 77.8 Å². The minimum atomic E-state index is -0.517. The third kappa shape index (κ3) is 5.12. The predicted molar refractivity (Wildman–Crippen MR) is 140 cm³/mol. The van der Waals surface area contributed by atoms with E-state index in [0.29, 0.717) is 27.7 Å². The Morgan fingerprint density at radius 3 is 2.31 bits per heavy atom. The normalized spacial score (nSPS) is 15.3. The highest BCUT2D eigenvalue weighted by atomic mass is 16.3. The van der Waals surface area contributed by atoms with E-state index in [1.54, 1.807) is 18.2 Å². The van der Waals surface area contributed by atoms with Crippen molar-refractivity contribution < 1.29 is 9.90 Å². The number of benzene rings is 3. The summed E-state index contributed by atoms with van der Waals surface area (Å²) in [6.07, 6.45) is 5.20. The molecule has 5 rings (SSSR count). The molecule has 0 bridgehead atoms. The molecule has 35 heavy (non-hydrogen) atoms. The number of nitrogens with one attached hydrogen (secondary N) is 1. The minimum Gasteiger partial charge on any atom is -0.494 e. The highest BCUT2D eigenvalue weighted by Gasteiger charge is 2.20. The molecule has 1 fully saturated rings. The zero-order valence-corrected chi connectivity index (χ0v) is 19.7. The summed E-state index contributed by atoms with van der Waals surface area (Å²) in [6.45, 7) is 3.27. The average molecular weight is 467 g/mol. The van der Waals surface area contributed by atoms with Gasteiger partial charge in [-0.2, -0.15) is 0 Å². The molecule has 3 aromatic carbocycles. The number of carbonyl (C=O) groups excluding carboxylic acids is 1. The number of nitrogens with two attached hydrogens (primary N) is 1. The van der Waals surface area contributed by atoms with Crippen LogP contribution in [0.25, 0.3) is 10.9 Å². The molecular weight excluding hydrogens is 436 g/mol. The van der Waals surface area contributed by atoms with Crippen LogP contribution in [0.4, 0.5) is 5.69 Å². The molecule has 0 aliphatic carbocycles. The molecule has 0 saturated carbocycles. The van der Waals surface area contributed by atoms with Crippen molar-refractivity contribution in [1.29, 1.82) is 0 Å². The van der Waals surface area contributed by atoms with Crippen LogP contribution in [0.2, 0.25) is 0 Å². The van der Waals surface area contributed by atoms with Crippen molar-refractivity contribution in [3.63, 3.8) is 0 Å². The van der Waals surface area contributed by atoms with Gasteiger partial charge in [0.2, 0.25) is 5.91 Å². The van der Waals surface area contributed by atoms with Crippen LogP contribution in [0.3, 0.4) is 0 Å². The zero-order valence-electron chi connectivity index (χ0n) is 19.7. The Morgan fingerprint density at radius 1 is 0.914 bits per heavy atom. The van der Waals surface area contributed by atoms with Crippen LogP contribution < -0.4 is 5.73 Å². The summed E-state index contributed by atoms with van der Waals surface area (Å²) in [5.41, 5.74) is 10.7. The van der Waals surface area contributed by atoms with Crippen LogP contribution in [-0.2, 0) is 6.54 Å². The van der Waals surface area contributed by atoms with Gasteiger partial charge < -0.3 is 15.8 Å². The first-order valence-corrected chi connectivity index (χ1v) is 12.2. The first-order chi connectivity index (χ1) is 17.1. The summed E-state index contributed by atoms with van der Waals surface area (Å²) in [4.78, 5) is 22.3. The number of aromatic hydroxyl groups is 1. The third-order valence-corrected chi connectivity index (χ3v) is 6.63. The molecule has 1 aliphatic rings. The van der Waals surface area contributed by atoms with Crippen LogP contribution >= 0.6 is 0 Å². The molecule has 6 heteroatoms. The molecule has 1 aliphatic heterocycles. The first kappa shape index (κ1) is 22.9. The SMILES string of the molecule is NC(=O)c1ccc2[nH]c(O)c(C(=Nc3ccc(CN4CCCCCC4)cc3)c3ccccc3)c2c1. The molecule has 178 valence electrons. The van der Waals surface area contributed by atoms with Gasteiger partial charge >= 0.3 is 0 Å². The molecule has 4 aromatic rings. The second-order valence-electron chi connectivity index (χ2n) is 9.16. The molecule has 6 nitrogen and oxygen atoms in total. The lowest BCUT2D eigenvalue weighted by Crippen LogP contribution is -2.23. The topological polar surface area (TPSA) is 94.7 Å². The van der Waals surface area contributed by atoms with Gasteiger partial charge in [-0.3, -0.25) is 9.69 Å². The Labute approximate surface area is 205 Å². The van der Waals surface area contributed by atoms with E-state index < -0.39 is 5.91 Å². The van der Waals surface area contributed by atoms with Crippen molar-refractivity contribution in [3.05, 3.63) is 95.1 Å². The number of rotatable bonds is 6. The minimum absolute atomic E-state index is 0.00186. The molecule has 0 spiro atoms. The highest BCUT2D eigenvalue weighted by molar-refractivity contribution is 6.22. The van der Waals surface area contributed by atoms with Crippen molar-refractivity contribution in [2.24, 2.45) is 10.7 Å². The fourth-order valence-electron chi connectivity index (χ4n) is 4.79. The second kappa shape index (κ2) is 10.2. The van der Waals surface area contributed by atoms with E-state index >= 15 is 0 Å². The Balaban J connectivity index is 1.53. The summed E-state index contributed by atoms with van der Waals surface area (Å²) in [5, 5.41) is 11.6. The van der Waals surface area contributed by atoms with Gasteiger partial charge in [0.15, 0.2) is 5.88 Å². The van der Waals surface area contributed by atoms with Crippen LogP contribution in [0, 0.1) is 0 Å². The molecule has 0 unspecified atom stereocenters. The standard InChI is InChI=1S/C29H30N4O2/c30-28(34)22-12-15-25-24(18-22)26(29(35)32-25)27(21-8-4-3-5-9-21)31-23-13-10-20(11-14-23)19-33-16-6-1-2-7-17-33/h3-5,8-15,18,32,35H,1-2,6-7,16-17,19H2,(H2,30,34). The number of fused-ring (bicyclic) bond motifs is 1. The number of hydrogen-bond donors (Lipinski definition) is 3. The number of H-pyrrole nitrogens is 1. The van der Waals surface area contributed by atoms with E-state index in [2.05, 4.69) is 22.0 Å². The summed E-state index contributed by atoms with van der Waals surface area (Å²) in [7, 11) is 0. The van der Waals surface area contributed by atoms with Crippen molar-refractivity contribution in [2.75, 3.05) is 13.1 Å². The summed E-state index contributed by atoms with van der Waals surface area (Å²) in [6, 6.07) is 23.2. The zero-order chi connectivity index (χ0) is 24.2. The smallest absolute Gasteiger partial charge is 0.248 e. The van der Waals surface area contributed by atoms with Crippen LogP contribution in [0.1, 0.15) is 52.7 Å². The maximum Gasteiger partial charge on any atom is 0.248 e. The van der Waals surface area contributed by atoms with E-state index in [1.807, 2.05) is 42.5 Å². The molecule has 1 aromatic heterocycles. The lowest BCUT2D eigenvalue weighted by atomic mass is 9.99. The monoisotopic (exact) mass is 466 g/mol. The van der Waals surface area contributed by atoms with Gasteiger partial charge in [0, 0.05) is 28.6 Å². The van der Waals surface area contributed by atoms with Gasteiger partial charge in [0.1, 0.15) is 0 Å². The molecule has 2 heterocycles. The van der Waals surface area contributed by atoms with E-state index in [1.165, 1.54) is 31.2 Å². The van der Waals surface area contributed by atoms with Crippen molar-refractivity contribution >= 4 is 28.2 Å². The van der Waals surface area contributed by atoms with Crippen molar-refractivity contribution in [2.45, 2.75) is 32.2 Å². The van der Waals surface area contributed by atoms with Crippen LogP contribution in [0.5, 0.6) is 5.88 Å². The maximum atomic E-state index is 11.8. The quantitative estimate of drug-likeness (QED) is 0.327. The third-order valence-electron chi connectivity index (χ3n) is 6.63. The van der Waals surface area contributed by atoms with Gasteiger partial charge in [-0.25, -0.2) is 4.99 Å². The van der Waals surface area contributed by atoms with Crippen molar-refractivity contribution in [1.82, 2.24) is 9.88 Å². The fraction of sp³-hybridized carbons (Fsp3) is 0.241. The summed E-state index contributed by atoms with van der Waals surface area (Å²) < 4.78 is 0. The number of amides is 1. The molecule has 1 amide bonds. The number of nitrogens with zero attached hydrogens (tertiary/aromatic N) is 2. The summed E-state index contributed by atoms with van der Waals surface area (Å²) in [5.74, 6) is -0.515.